The Kier molecular flexibility index (Phi) is 4.74. The van der Waals surface area contributed by atoms with Gasteiger partial charge in [-0.05, 0) is 37.0 Å². The van der Waals surface area contributed by atoms with Crippen LogP contribution in [0.5, 0.6) is 5.75 Å². The van der Waals surface area contributed by atoms with Crippen LogP contribution >= 0.6 is 0 Å². The molecular weight excluding hydrogens is 308 g/mol. The number of ether oxygens (including phenoxy) is 1. The van der Waals surface area contributed by atoms with Crippen LogP contribution in [0.1, 0.15) is 39.3 Å². The average Bonchev–Trinajstić information content (AvgIpc) is 3.43. The lowest BCUT2D eigenvalue weighted by molar-refractivity contribution is 0.0690. The highest BCUT2D eigenvalue weighted by Gasteiger charge is 2.22. The number of nitrogens with one attached hydrogen (secondary N) is 1. The van der Waals surface area contributed by atoms with E-state index in [0.717, 1.165) is 11.3 Å². The molecule has 6 nitrogen and oxygen atoms in total. The predicted octanol–water partition coefficient (Wildman–Crippen LogP) is 2.50. The maximum absolute atomic E-state index is 12.2. The van der Waals surface area contributed by atoms with E-state index in [1.165, 1.54) is 31.2 Å². The molecule has 1 aromatic carbocycles. The molecule has 1 aliphatic carbocycles. The maximum atomic E-state index is 12.2. The molecule has 3 rings (SSSR count). The number of hydrogen-bond donors (Lipinski definition) is 2. The van der Waals surface area contributed by atoms with E-state index in [9.17, 15) is 9.59 Å². The lowest BCUT2D eigenvalue weighted by Crippen LogP contribution is -2.23. The summed E-state index contributed by atoms with van der Waals surface area (Å²) in [6.45, 7) is 1.02. The number of hydrogen-bond acceptors (Lipinski definition) is 4. The molecule has 0 spiro atoms. The van der Waals surface area contributed by atoms with Crippen LogP contribution in [0.2, 0.25) is 0 Å². The zero-order valence-corrected chi connectivity index (χ0v) is 13.1. The molecule has 2 N–H and O–H groups in total. The van der Waals surface area contributed by atoms with Crippen molar-refractivity contribution in [1.29, 1.82) is 0 Å². The number of rotatable bonds is 7. The molecule has 1 amide bonds. The fourth-order valence-electron chi connectivity index (χ4n) is 2.25. The minimum absolute atomic E-state index is 0.157. The normalized spacial score (nSPS) is 13.3. The van der Waals surface area contributed by atoms with Gasteiger partial charge in [0.25, 0.3) is 5.91 Å². The minimum atomic E-state index is -1.16. The Morgan fingerprint density at radius 1 is 1.25 bits per heavy atom. The van der Waals surface area contributed by atoms with Crippen LogP contribution in [0.25, 0.3) is 0 Å². The summed E-state index contributed by atoms with van der Waals surface area (Å²) in [6.07, 6.45) is 3.74. The van der Waals surface area contributed by atoms with Crippen molar-refractivity contribution in [3.8, 4) is 5.75 Å². The SMILES string of the molecule is O=C(NCc1ccccc1OCC1CC1)c1ccnc(C(=O)O)c1. The topological polar surface area (TPSA) is 88.5 Å². The molecule has 1 heterocycles. The van der Waals surface area contributed by atoms with Gasteiger partial charge in [0.2, 0.25) is 0 Å². The van der Waals surface area contributed by atoms with Crippen LogP contribution in [0, 0.1) is 5.92 Å². The first-order valence-electron chi connectivity index (χ1n) is 7.82. The summed E-state index contributed by atoms with van der Waals surface area (Å²) in [5.41, 5.74) is 0.994. The molecule has 0 radical (unpaired) electrons. The lowest BCUT2D eigenvalue weighted by atomic mass is 10.1. The summed E-state index contributed by atoms with van der Waals surface area (Å²) < 4.78 is 5.81. The molecule has 1 fully saturated rings. The zero-order chi connectivity index (χ0) is 16.9. The van der Waals surface area contributed by atoms with Crippen LogP contribution in [0.4, 0.5) is 0 Å². The fourth-order valence-corrected chi connectivity index (χ4v) is 2.25. The van der Waals surface area contributed by atoms with Gasteiger partial charge in [-0.25, -0.2) is 9.78 Å². The van der Waals surface area contributed by atoms with Gasteiger partial charge in [-0.2, -0.15) is 0 Å². The summed E-state index contributed by atoms with van der Waals surface area (Å²) in [5.74, 6) is -0.0927. The molecule has 6 heteroatoms. The number of carbonyl (C=O) groups excluding carboxylic acids is 1. The number of carbonyl (C=O) groups is 2. The Morgan fingerprint density at radius 2 is 2.04 bits per heavy atom. The van der Waals surface area contributed by atoms with E-state index < -0.39 is 5.97 Å². The van der Waals surface area contributed by atoms with Gasteiger partial charge in [-0.3, -0.25) is 4.79 Å². The molecule has 0 saturated heterocycles. The van der Waals surface area contributed by atoms with E-state index in [0.29, 0.717) is 19.1 Å². The predicted molar refractivity (Wildman–Crippen MR) is 87.0 cm³/mol. The first-order valence-corrected chi connectivity index (χ1v) is 7.82. The Hall–Kier alpha value is -2.89. The standard InChI is InChI=1S/C18H18N2O4/c21-17(13-7-8-19-15(9-13)18(22)23)20-10-14-3-1-2-4-16(14)24-11-12-5-6-12/h1-4,7-9,12H,5-6,10-11H2,(H,20,21)(H,22,23). The number of amides is 1. The van der Waals surface area contributed by atoms with E-state index in [1.807, 2.05) is 24.3 Å². The zero-order valence-electron chi connectivity index (χ0n) is 13.1. The highest BCUT2D eigenvalue weighted by Crippen LogP contribution is 2.30. The third-order valence-electron chi connectivity index (χ3n) is 3.82. The number of aromatic carboxylic acids is 1. The Bertz CT molecular complexity index is 756. The first-order chi connectivity index (χ1) is 11.6. The van der Waals surface area contributed by atoms with Gasteiger partial charge in [0.05, 0.1) is 6.61 Å². The quantitative estimate of drug-likeness (QED) is 0.816. The lowest BCUT2D eigenvalue weighted by Gasteiger charge is -2.12. The van der Waals surface area contributed by atoms with Crippen LogP contribution in [-0.4, -0.2) is 28.6 Å². The van der Waals surface area contributed by atoms with Crippen molar-refractivity contribution in [2.24, 2.45) is 5.92 Å². The molecule has 1 aromatic heterocycles. The van der Waals surface area contributed by atoms with Crippen molar-refractivity contribution in [3.63, 3.8) is 0 Å². The number of carboxylic acid groups (broad SMARTS) is 1. The van der Waals surface area contributed by atoms with Crippen LogP contribution < -0.4 is 10.1 Å². The van der Waals surface area contributed by atoms with E-state index in [2.05, 4.69) is 10.3 Å². The molecular formula is C18H18N2O4. The van der Waals surface area contributed by atoms with Crippen molar-refractivity contribution in [3.05, 3.63) is 59.4 Å². The molecule has 1 aliphatic rings. The highest BCUT2D eigenvalue weighted by molar-refractivity contribution is 5.96. The largest absolute Gasteiger partial charge is 0.493 e. The average molecular weight is 326 g/mol. The molecule has 0 bridgehead atoms. The van der Waals surface area contributed by atoms with Gasteiger partial charge >= 0.3 is 5.97 Å². The number of aromatic nitrogens is 1. The van der Waals surface area contributed by atoms with Crippen molar-refractivity contribution < 1.29 is 19.4 Å². The minimum Gasteiger partial charge on any atom is -0.493 e. The number of carboxylic acids is 1. The van der Waals surface area contributed by atoms with Crippen LogP contribution in [0.15, 0.2) is 42.6 Å². The van der Waals surface area contributed by atoms with Gasteiger partial charge in [0.15, 0.2) is 0 Å². The molecule has 0 atom stereocenters. The van der Waals surface area contributed by atoms with Gasteiger partial charge in [-0.15, -0.1) is 0 Å². The fraction of sp³-hybridized carbons (Fsp3) is 0.278. The molecule has 2 aromatic rings. The van der Waals surface area contributed by atoms with E-state index >= 15 is 0 Å². The Labute approximate surface area is 139 Å². The number of pyridine rings is 1. The molecule has 24 heavy (non-hydrogen) atoms. The van der Waals surface area contributed by atoms with Crippen molar-refractivity contribution in [1.82, 2.24) is 10.3 Å². The summed E-state index contributed by atoms with van der Waals surface area (Å²) in [5, 5.41) is 11.7. The smallest absolute Gasteiger partial charge is 0.354 e. The maximum Gasteiger partial charge on any atom is 0.354 e. The van der Waals surface area contributed by atoms with Crippen molar-refractivity contribution >= 4 is 11.9 Å². The number of benzene rings is 1. The monoisotopic (exact) mass is 326 g/mol. The second kappa shape index (κ2) is 7.12. The molecule has 124 valence electrons. The van der Waals surface area contributed by atoms with Crippen LogP contribution in [-0.2, 0) is 6.54 Å². The highest BCUT2D eigenvalue weighted by atomic mass is 16.5. The number of nitrogens with zero attached hydrogens (tertiary/aromatic N) is 1. The summed E-state index contributed by atoms with van der Waals surface area (Å²) >= 11 is 0. The van der Waals surface area contributed by atoms with E-state index in [1.54, 1.807) is 0 Å². The van der Waals surface area contributed by atoms with Gasteiger partial charge < -0.3 is 15.2 Å². The molecule has 0 unspecified atom stereocenters. The first kappa shape index (κ1) is 16.0. The Balaban J connectivity index is 1.63. The summed E-state index contributed by atoms with van der Waals surface area (Å²) in [6, 6.07) is 10.3. The number of para-hydroxylation sites is 1. The van der Waals surface area contributed by atoms with Crippen LogP contribution in [0.3, 0.4) is 0 Å². The van der Waals surface area contributed by atoms with Gasteiger partial charge in [-0.1, -0.05) is 18.2 Å². The molecule has 1 saturated carbocycles. The Morgan fingerprint density at radius 3 is 2.79 bits per heavy atom. The van der Waals surface area contributed by atoms with Gasteiger partial charge in [0.1, 0.15) is 11.4 Å². The summed E-state index contributed by atoms with van der Waals surface area (Å²) in [4.78, 5) is 26.8. The van der Waals surface area contributed by atoms with Gasteiger partial charge in [0, 0.05) is 23.9 Å². The molecule has 0 aliphatic heterocycles. The van der Waals surface area contributed by atoms with Crippen molar-refractivity contribution in [2.45, 2.75) is 19.4 Å². The van der Waals surface area contributed by atoms with Crippen molar-refractivity contribution in [2.75, 3.05) is 6.61 Å². The second-order valence-corrected chi connectivity index (χ2v) is 5.78. The van der Waals surface area contributed by atoms with E-state index in [4.69, 9.17) is 9.84 Å². The second-order valence-electron chi connectivity index (χ2n) is 5.78. The summed E-state index contributed by atoms with van der Waals surface area (Å²) in [7, 11) is 0. The van der Waals surface area contributed by atoms with E-state index in [-0.39, 0.29) is 17.2 Å². The third kappa shape index (κ3) is 4.10. The third-order valence-corrected chi connectivity index (χ3v) is 3.82.